The number of carbonyl (C=O) groups excluding carboxylic acids is 1. The van der Waals surface area contributed by atoms with E-state index in [1.807, 2.05) is 12.1 Å². The van der Waals surface area contributed by atoms with Gasteiger partial charge >= 0.3 is 0 Å². The third-order valence-corrected chi connectivity index (χ3v) is 3.65. The lowest BCUT2D eigenvalue weighted by atomic mass is 10.1. The lowest BCUT2D eigenvalue weighted by molar-refractivity contribution is 0.0812. The van der Waals surface area contributed by atoms with Crippen molar-refractivity contribution >= 4 is 5.91 Å². The fourth-order valence-corrected chi connectivity index (χ4v) is 2.40. The number of ether oxygens (including phenoxy) is 3. The maximum atomic E-state index is 13.9. The van der Waals surface area contributed by atoms with Crippen LogP contribution in [-0.2, 0) is 6.54 Å². The summed E-state index contributed by atoms with van der Waals surface area (Å²) in [7, 11) is 3.07. The summed E-state index contributed by atoms with van der Waals surface area (Å²) in [4.78, 5) is 14.0. The maximum Gasteiger partial charge on any atom is 0.294 e. The maximum absolute atomic E-state index is 13.9. The molecule has 0 spiro atoms. The topological polar surface area (TPSA) is 48.0 Å². The van der Waals surface area contributed by atoms with Gasteiger partial charge in [-0.15, -0.1) is 0 Å². The normalized spacial score (nSPS) is 13.5. The molecule has 3 rings (SSSR count). The van der Waals surface area contributed by atoms with Gasteiger partial charge in [-0.3, -0.25) is 4.79 Å². The smallest absolute Gasteiger partial charge is 0.294 e. The first kappa shape index (κ1) is 15.9. The fourth-order valence-electron chi connectivity index (χ4n) is 2.40. The molecule has 1 amide bonds. The molecule has 0 aromatic heterocycles. The molecular formula is C18H16FNO4. The summed E-state index contributed by atoms with van der Waals surface area (Å²) in [6.07, 6.45) is 1.05. The number of rotatable bonds is 4. The van der Waals surface area contributed by atoms with Crippen molar-refractivity contribution in [3.8, 4) is 17.2 Å². The van der Waals surface area contributed by atoms with E-state index >= 15 is 0 Å². The third-order valence-electron chi connectivity index (χ3n) is 3.65. The molecule has 124 valence electrons. The van der Waals surface area contributed by atoms with Crippen LogP contribution in [0.3, 0.4) is 0 Å². The standard InChI is InChI=1S/C18H16FNO4/c1-22-13-5-3-12(4-6-13)10-20-11-17(19)24-16-8-7-14(23-2)9-15(16)18(20)21/h3-9,11H,10H2,1-2H3. The SMILES string of the molecule is COc1ccc(CN2C=C(F)Oc3ccc(OC)cc3C2=O)cc1. The number of halogens is 1. The first-order valence-corrected chi connectivity index (χ1v) is 7.28. The molecule has 1 aliphatic heterocycles. The van der Waals surface area contributed by atoms with E-state index in [4.69, 9.17) is 14.2 Å². The highest BCUT2D eigenvalue weighted by Crippen LogP contribution is 2.30. The van der Waals surface area contributed by atoms with Crippen molar-refractivity contribution < 1.29 is 23.4 Å². The Morgan fingerprint density at radius 3 is 2.38 bits per heavy atom. The molecule has 0 radical (unpaired) electrons. The Morgan fingerprint density at radius 1 is 1.04 bits per heavy atom. The number of methoxy groups -OCH3 is 2. The van der Waals surface area contributed by atoms with E-state index in [-0.39, 0.29) is 23.8 Å². The summed E-state index contributed by atoms with van der Waals surface area (Å²) in [5.74, 6) is 0.998. The fraction of sp³-hybridized carbons (Fsp3) is 0.167. The number of hydrogen-bond acceptors (Lipinski definition) is 4. The van der Waals surface area contributed by atoms with Crippen LogP contribution in [0.2, 0.25) is 0 Å². The summed E-state index contributed by atoms with van der Waals surface area (Å²) in [6.45, 7) is 0.205. The van der Waals surface area contributed by atoms with Gasteiger partial charge in [0.1, 0.15) is 17.2 Å². The van der Waals surface area contributed by atoms with Gasteiger partial charge in [0.05, 0.1) is 32.5 Å². The first-order valence-electron chi connectivity index (χ1n) is 7.28. The molecule has 0 aliphatic carbocycles. The Kier molecular flexibility index (Phi) is 4.37. The van der Waals surface area contributed by atoms with Crippen LogP contribution in [0.4, 0.5) is 4.39 Å². The number of nitrogens with zero attached hydrogens (tertiary/aromatic N) is 1. The highest BCUT2D eigenvalue weighted by Gasteiger charge is 2.25. The summed E-state index contributed by atoms with van der Waals surface area (Å²) in [6, 6.07) is 11.0. The Hall–Kier alpha value is -3.02. The van der Waals surface area contributed by atoms with E-state index in [1.165, 1.54) is 24.1 Å². The van der Waals surface area contributed by atoms with Gasteiger partial charge in [-0.1, -0.05) is 12.1 Å². The molecule has 1 aliphatic rings. The van der Waals surface area contributed by atoms with Crippen molar-refractivity contribution in [2.24, 2.45) is 0 Å². The van der Waals surface area contributed by atoms with Gasteiger partial charge in [0.25, 0.3) is 11.9 Å². The number of benzene rings is 2. The van der Waals surface area contributed by atoms with Crippen molar-refractivity contribution in [1.82, 2.24) is 4.90 Å². The Bertz CT molecular complexity index is 786. The van der Waals surface area contributed by atoms with Crippen molar-refractivity contribution in [2.75, 3.05) is 14.2 Å². The number of carbonyl (C=O) groups is 1. The van der Waals surface area contributed by atoms with E-state index < -0.39 is 6.01 Å². The highest BCUT2D eigenvalue weighted by atomic mass is 19.1. The second-order valence-electron chi connectivity index (χ2n) is 5.18. The van der Waals surface area contributed by atoms with Crippen LogP contribution in [-0.4, -0.2) is 25.0 Å². The molecule has 0 N–H and O–H groups in total. The number of hydrogen-bond donors (Lipinski definition) is 0. The molecule has 0 fully saturated rings. The van der Waals surface area contributed by atoms with Gasteiger partial charge < -0.3 is 19.1 Å². The van der Waals surface area contributed by atoms with Crippen LogP contribution in [0.1, 0.15) is 15.9 Å². The molecule has 2 aromatic rings. The minimum Gasteiger partial charge on any atom is -0.497 e. The van der Waals surface area contributed by atoms with E-state index in [1.54, 1.807) is 25.3 Å². The van der Waals surface area contributed by atoms with Gasteiger partial charge in [0.2, 0.25) is 0 Å². The first-order chi connectivity index (χ1) is 11.6. The van der Waals surface area contributed by atoms with E-state index in [2.05, 4.69) is 0 Å². The average molecular weight is 329 g/mol. The van der Waals surface area contributed by atoms with E-state index in [0.29, 0.717) is 11.5 Å². The average Bonchev–Trinajstić information content (AvgIpc) is 2.72. The predicted octanol–water partition coefficient (Wildman–Crippen LogP) is 3.51. The van der Waals surface area contributed by atoms with Crippen LogP contribution in [0.15, 0.2) is 54.7 Å². The lowest BCUT2D eigenvalue weighted by Gasteiger charge is -2.17. The van der Waals surface area contributed by atoms with Gasteiger partial charge in [0.15, 0.2) is 0 Å². The molecule has 0 atom stereocenters. The molecule has 5 nitrogen and oxygen atoms in total. The summed E-state index contributed by atoms with van der Waals surface area (Å²) >= 11 is 0. The van der Waals surface area contributed by atoms with Gasteiger partial charge in [-0.2, -0.15) is 4.39 Å². The second-order valence-corrected chi connectivity index (χ2v) is 5.18. The lowest BCUT2D eigenvalue weighted by Crippen LogP contribution is -2.24. The molecule has 6 heteroatoms. The van der Waals surface area contributed by atoms with Gasteiger partial charge in [0, 0.05) is 0 Å². The number of fused-ring (bicyclic) bond motifs is 1. The summed E-state index contributed by atoms with van der Waals surface area (Å²) in [5.41, 5.74) is 1.08. The molecule has 24 heavy (non-hydrogen) atoms. The molecule has 0 saturated heterocycles. The molecule has 0 saturated carbocycles. The minimum absolute atomic E-state index is 0.159. The Balaban J connectivity index is 1.91. The van der Waals surface area contributed by atoms with Crippen LogP contribution < -0.4 is 14.2 Å². The van der Waals surface area contributed by atoms with Crippen LogP contribution in [0.25, 0.3) is 0 Å². The van der Waals surface area contributed by atoms with Crippen molar-refractivity contribution in [3.05, 3.63) is 65.8 Å². The molecular weight excluding hydrogens is 313 g/mol. The molecule has 0 bridgehead atoms. The van der Waals surface area contributed by atoms with E-state index in [9.17, 15) is 9.18 Å². The zero-order chi connectivity index (χ0) is 17.1. The second kappa shape index (κ2) is 6.62. The largest absolute Gasteiger partial charge is 0.497 e. The molecule has 0 unspecified atom stereocenters. The van der Waals surface area contributed by atoms with Gasteiger partial charge in [-0.05, 0) is 35.9 Å². The Morgan fingerprint density at radius 2 is 1.71 bits per heavy atom. The summed E-state index contributed by atoms with van der Waals surface area (Å²) in [5, 5.41) is 0. The predicted molar refractivity (Wildman–Crippen MR) is 85.7 cm³/mol. The molecule has 1 heterocycles. The van der Waals surface area contributed by atoms with Crippen molar-refractivity contribution in [1.29, 1.82) is 0 Å². The highest BCUT2D eigenvalue weighted by molar-refractivity contribution is 5.98. The van der Waals surface area contributed by atoms with Crippen LogP contribution in [0.5, 0.6) is 17.2 Å². The zero-order valence-electron chi connectivity index (χ0n) is 13.3. The van der Waals surface area contributed by atoms with Crippen molar-refractivity contribution in [3.63, 3.8) is 0 Å². The van der Waals surface area contributed by atoms with Crippen LogP contribution >= 0.6 is 0 Å². The monoisotopic (exact) mass is 329 g/mol. The molecule has 2 aromatic carbocycles. The minimum atomic E-state index is -0.847. The van der Waals surface area contributed by atoms with Gasteiger partial charge in [-0.25, -0.2) is 0 Å². The zero-order valence-corrected chi connectivity index (χ0v) is 13.3. The number of amides is 1. The third kappa shape index (κ3) is 3.17. The van der Waals surface area contributed by atoms with Crippen molar-refractivity contribution in [2.45, 2.75) is 6.54 Å². The quantitative estimate of drug-likeness (QED) is 0.861. The van der Waals surface area contributed by atoms with Crippen LogP contribution in [0, 0.1) is 0 Å². The Labute approximate surface area is 138 Å². The van der Waals surface area contributed by atoms with E-state index in [0.717, 1.165) is 11.8 Å². The summed E-state index contributed by atoms with van der Waals surface area (Å²) < 4.78 is 29.3.